The van der Waals surface area contributed by atoms with E-state index in [1.807, 2.05) is 6.07 Å². The van der Waals surface area contributed by atoms with E-state index in [1.165, 1.54) is 0 Å². The molecule has 0 aliphatic carbocycles. The first-order chi connectivity index (χ1) is 9.99. The van der Waals surface area contributed by atoms with Gasteiger partial charge in [0, 0.05) is 17.2 Å². The van der Waals surface area contributed by atoms with Crippen LogP contribution in [0.4, 0.5) is 0 Å². The van der Waals surface area contributed by atoms with Crippen molar-refractivity contribution in [3.05, 3.63) is 34.9 Å². The zero-order valence-corrected chi connectivity index (χ0v) is 13.0. The first-order valence-electron chi connectivity index (χ1n) is 7.35. The fourth-order valence-electron chi connectivity index (χ4n) is 2.51. The SMILES string of the molecule is C[C@@](O)(CNC(=O)C[C@H]1CCCCO1)c1ccccc1Cl. The fourth-order valence-corrected chi connectivity index (χ4v) is 2.85. The quantitative estimate of drug-likeness (QED) is 0.879. The van der Waals surface area contributed by atoms with Gasteiger partial charge in [-0.15, -0.1) is 0 Å². The lowest BCUT2D eigenvalue weighted by atomic mass is 9.96. The standard InChI is InChI=1S/C16H22ClNO3/c1-16(20,13-7-2-3-8-14(13)17)11-18-15(19)10-12-6-4-5-9-21-12/h2-3,7-8,12,20H,4-6,9-11H2,1H3,(H,18,19)/t12-,16-/m1/s1. The van der Waals surface area contributed by atoms with Crippen LogP contribution in [0.5, 0.6) is 0 Å². The minimum absolute atomic E-state index is 0.00372. The van der Waals surface area contributed by atoms with Crippen molar-refractivity contribution in [3.63, 3.8) is 0 Å². The van der Waals surface area contributed by atoms with Crippen LogP contribution < -0.4 is 5.32 Å². The van der Waals surface area contributed by atoms with E-state index in [-0.39, 0.29) is 18.6 Å². The number of aliphatic hydroxyl groups is 1. The van der Waals surface area contributed by atoms with Gasteiger partial charge in [-0.25, -0.2) is 0 Å². The van der Waals surface area contributed by atoms with Crippen LogP contribution >= 0.6 is 11.6 Å². The zero-order valence-electron chi connectivity index (χ0n) is 12.3. The lowest BCUT2D eigenvalue weighted by Gasteiger charge is -2.26. The van der Waals surface area contributed by atoms with Crippen molar-refractivity contribution in [2.75, 3.05) is 13.2 Å². The summed E-state index contributed by atoms with van der Waals surface area (Å²) in [5.41, 5.74) is -0.581. The van der Waals surface area contributed by atoms with E-state index in [0.717, 1.165) is 25.9 Å². The molecule has 1 aliphatic rings. The Balaban J connectivity index is 1.86. The highest BCUT2D eigenvalue weighted by atomic mass is 35.5. The predicted octanol–water partition coefficient (Wildman–Crippen LogP) is 2.62. The molecular formula is C16H22ClNO3. The smallest absolute Gasteiger partial charge is 0.222 e. The molecule has 0 bridgehead atoms. The summed E-state index contributed by atoms with van der Waals surface area (Å²) >= 11 is 6.09. The molecule has 0 radical (unpaired) electrons. The van der Waals surface area contributed by atoms with Crippen molar-refractivity contribution in [2.45, 2.75) is 44.3 Å². The third-order valence-electron chi connectivity index (χ3n) is 3.77. The van der Waals surface area contributed by atoms with Crippen LogP contribution in [-0.4, -0.2) is 30.3 Å². The number of ether oxygens (including phenoxy) is 1. The van der Waals surface area contributed by atoms with Gasteiger partial charge < -0.3 is 15.2 Å². The minimum atomic E-state index is -1.19. The van der Waals surface area contributed by atoms with Crippen molar-refractivity contribution >= 4 is 17.5 Å². The second-order valence-corrected chi connectivity index (χ2v) is 6.13. The zero-order chi connectivity index (χ0) is 15.3. The molecule has 1 aromatic carbocycles. The summed E-state index contributed by atoms with van der Waals surface area (Å²) in [6.45, 7) is 2.50. The Morgan fingerprint density at radius 3 is 2.90 bits per heavy atom. The number of carbonyl (C=O) groups is 1. The van der Waals surface area contributed by atoms with Crippen molar-refractivity contribution in [2.24, 2.45) is 0 Å². The van der Waals surface area contributed by atoms with Crippen LogP contribution in [0.25, 0.3) is 0 Å². The second-order valence-electron chi connectivity index (χ2n) is 5.72. The third kappa shape index (κ3) is 4.70. The number of hydrogen-bond donors (Lipinski definition) is 2. The Bertz CT molecular complexity index is 484. The summed E-state index contributed by atoms with van der Waals surface area (Å²) in [4.78, 5) is 11.9. The molecular weight excluding hydrogens is 290 g/mol. The molecule has 0 unspecified atom stereocenters. The van der Waals surface area contributed by atoms with Gasteiger partial charge in [-0.05, 0) is 32.3 Å². The van der Waals surface area contributed by atoms with E-state index < -0.39 is 5.60 Å². The van der Waals surface area contributed by atoms with Crippen LogP contribution in [0.1, 0.15) is 38.2 Å². The number of rotatable bonds is 5. The van der Waals surface area contributed by atoms with Crippen LogP contribution in [0.2, 0.25) is 5.02 Å². The second kappa shape index (κ2) is 7.25. The van der Waals surface area contributed by atoms with E-state index in [4.69, 9.17) is 16.3 Å². The van der Waals surface area contributed by atoms with Gasteiger partial charge in [0.15, 0.2) is 0 Å². The molecule has 0 aromatic heterocycles. The Kier molecular flexibility index (Phi) is 5.62. The Morgan fingerprint density at radius 1 is 1.48 bits per heavy atom. The molecule has 5 heteroatoms. The largest absolute Gasteiger partial charge is 0.384 e. The van der Waals surface area contributed by atoms with Crippen molar-refractivity contribution in [3.8, 4) is 0 Å². The molecule has 0 spiro atoms. The number of nitrogens with one attached hydrogen (secondary N) is 1. The van der Waals surface area contributed by atoms with Gasteiger partial charge >= 0.3 is 0 Å². The molecule has 1 fully saturated rings. The van der Waals surface area contributed by atoms with E-state index >= 15 is 0 Å². The first-order valence-corrected chi connectivity index (χ1v) is 7.72. The van der Waals surface area contributed by atoms with Gasteiger partial charge in [-0.1, -0.05) is 29.8 Å². The number of benzene rings is 1. The highest BCUT2D eigenvalue weighted by Gasteiger charge is 2.26. The topological polar surface area (TPSA) is 58.6 Å². The third-order valence-corrected chi connectivity index (χ3v) is 4.10. The normalized spacial score (nSPS) is 21.6. The molecule has 1 saturated heterocycles. The lowest BCUT2D eigenvalue weighted by Crippen LogP contribution is -2.40. The van der Waals surface area contributed by atoms with E-state index in [0.29, 0.717) is 17.0 Å². The summed E-state index contributed by atoms with van der Waals surface area (Å²) in [7, 11) is 0. The van der Waals surface area contributed by atoms with Crippen LogP contribution in [0.15, 0.2) is 24.3 Å². The molecule has 116 valence electrons. The molecule has 1 amide bonds. The van der Waals surface area contributed by atoms with Gasteiger partial charge in [-0.2, -0.15) is 0 Å². The number of halogens is 1. The van der Waals surface area contributed by atoms with Gasteiger partial charge in [-0.3, -0.25) is 4.79 Å². The molecule has 2 atom stereocenters. The maximum absolute atomic E-state index is 11.9. The first kappa shape index (κ1) is 16.3. The Labute approximate surface area is 130 Å². The average molecular weight is 312 g/mol. The van der Waals surface area contributed by atoms with E-state index in [2.05, 4.69) is 5.32 Å². The minimum Gasteiger partial charge on any atom is -0.384 e. The highest BCUT2D eigenvalue weighted by Crippen LogP contribution is 2.27. The molecule has 21 heavy (non-hydrogen) atoms. The summed E-state index contributed by atoms with van der Waals surface area (Å²) in [6.07, 6.45) is 3.45. The van der Waals surface area contributed by atoms with Crippen LogP contribution in [0, 0.1) is 0 Å². The Morgan fingerprint density at radius 2 is 2.24 bits per heavy atom. The van der Waals surface area contributed by atoms with Gasteiger partial charge in [0.2, 0.25) is 5.91 Å². The van der Waals surface area contributed by atoms with Crippen molar-refractivity contribution in [1.29, 1.82) is 0 Å². The fraction of sp³-hybridized carbons (Fsp3) is 0.562. The summed E-state index contributed by atoms with van der Waals surface area (Å²) < 4.78 is 5.54. The number of hydrogen-bond acceptors (Lipinski definition) is 3. The van der Waals surface area contributed by atoms with Gasteiger partial charge in [0.05, 0.1) is 19.1 Å². The Hall–Kier alpha value is -1.10. The van der Waals surface area contributed by atoms with Gasteiger partial charge in [0.1, 0.15) is 5.60 Å². The number of carbonyl (C=O) groups excluding carboxylic acids is 1. The van der Waals surface area contributed by atoms with Crippen LogP contribution in [0.3, 0.4) is 0 Å². The monoisotopic (exact) mass is 311 g/mol. The molecule has 1 aliphatic heterocycles. The lowest BCUT2D eigenvalue weighted by molar-refractivity contribution is -0.126. The maximum atomic E-state index is 11.9. The van der Waals surface area contributed by atoms with Gasteiger partial charge in [0.25, 0.3) is 0 Å². The molecule has 0 saturated carbocycles. The van der Waals surface area contributed by atoms with Crippen molar-refractivity contribution < 1.29 is 14.6 Å². The molecule has 2 rings (SSSR count). The van der Waals surface area contributed by atoms with Crippen LogP contribution in [-0.2, 0) is 15.1 Å². The summed E-state index contributed by atoms with van der Waals surface area (Å²) in [6, 6.07) is 7.11. The average Bonchev–Trinajstić information content (AvgIpc) is 2.47. The van der Waals surface area contributed by atoms with E-state index in [9.17, 15) is 9.90 Å². The molecule has 1 heterocycles. The van der Waals surface area contributed by atoms with Crippen molar-refractivity contribution in [1.82, 2.24) is 5.32 Å². The van der Waals surface area contributed by atoms with E-state index in [1.54, 1.807) is 25.1 Å². The highest BCUT2D eigenvalue weighted by molar-refractivity contribution is 6.31. The molecule has 4 nitrogen and oxygen atoms in total. The molecule has 1 aromatic rings. The summed E-state index contributed by atoms with van der Waals surface area (Å²) in [5, 5.41) is 13.8. The summed E-state index contributed by atoms with van der Waals surface area (Å²) in [5.74, 6) is -0.103. The maximum Gasteiger partial charge on any atom is 0.222 e. The number of amides is 1. The molecule has 2 N–H and O–H groups in total. The predicted molar refractivity (Wildman–Crippen MR) is 82.2 cm³/mol.